The molecule has 0 fully saturated rings. The molecular weight excluding hydrogens is 482 g/mol. The molecule has 3 rings (SSSR count). The first-order valence-corrected chi connectivity index (χ1v) is 15.4. The monoisotopic (exact) mass is 517 g/mol. The predicted molar refractivity (Wildman–Crippen MR) is 151 cm³/mol. The Balaban J connectivity index is 1.87. The molecule has 0 amide bonds. The number of nitrogens with zero attached hydrogens (tertiary/aromatic N) is 1. The van der Waals surface area contributed by atoms with Gasteiger partial charge in [0.2, 0.25) is 10.0 Å². The zero-order valence-corrected chi connectivity index (χ0v) is 23.4. The lowest BCUT2D eigenvalue weighted by molar-refractivity contribution is 0.346. The van der Waals surface area contributed by atoms with Crippen LogP contribution in [0.15, 0.2) is 102 Å². The highest BCUT2D eigenvalue weighted by molar-refractivity contribution is 7.89. The van der Waals surface area contributed by atoms with Gasteiger partial charge in [0.1, 0.15) is 0 Å². The van der Waals surface area contributed by atoms with E-state index in [2.05, 4.69) is 63.5 Å². The van der Waals surface area contributed by atoms with Crippen molar-refractivity contribution in [1.82, 2.24) is 4.31 Å². The van der Waals surface area contributed by atoms with E-state index in [1.54, 1.807) is 30.3 Å². The highest BCUT2D eigenvalue weighted by atomic mass is 32.2. The fraction of sp³-hybridized carbons (Fsp3) is 0.267. The van der Waals surface area contributed by atoms with Crippen LogP contribution < -0.4 is 10.4 Å². The maximum absolute atomic E-state index is 13.1. The van der Waals surface area contributed by atoms with Crippen molar-refractivity contribution >= 4 is 28.7 Å². The van der Waals surface area contributed by atoms with Crippen LogP contribution in [0.4, 0.5) is 0 Å². The van der Waals surface area contributed by atoms with Crippen molar-refractivity contribution in [3.8, 4) is 11.8 Å². The van der Waals surface area contributed by atoms with E-state index in [1.165, 1.54) is 14.7 Å². The van der Waals surface area contributed by atoms with Gasteiger partial charge in [-0.1, -0.05) is 117 Å². The van der Waals surface area contributed by atoms with Crippen LogP contribution in [0.5, 0.6) is 0 Å². The molecule has 4 nitrogen and oxygen atoms in total. The van der Waals surface area contributed by atoms with Gasteiger partial charge in [0.05, 0.1) is 18.0 Å². The summed E-state index contributed by atoms with van der Waals surface area (Å²) in [7, 11) is -6.36. The molecule has 0 aliphatic rings. The average Bonchev–Trinajstić information content (AvgIpc) is 2.86. The molecule has 0 saturated carbocycles. The first kappa shape index (κ1) is 27.6. The Labute approximate surface area is 217 Å². The molecule has 0 aromatic heterocycles. The van der Waals surface area contributed by atoms with Gasteiger partial charge in [0.15, 0.2) is 0 Å². The van der Waals surface area contributed by atoms with E-state index in [0.29, 0.717) is 0 Å². The Bertz CT molecular complexity index is 1260. The third-order valence-electron chi connectivity index (χ3n) is 6.15. The van der Waals surface area contributed by atoms with Crippen molar-refractivity contribution in [2.24, 2.45) is 0 Å². The summed E-state index contributed by atoms with van der Waals surface area (Å²) in [5.74, 6) is 6.13. The summed E-state index contributed by atoms with van der Waals surface area (Å²) in [6.07, 6.45) is 1.58. The van der Waals surface area contributed by atoms with Crippen molar-refractivity contribution in [3.63, 3.8) is 0 Å². The maximum atomic E-state index is 13.1. The van der Waals surface area contributed by atoms with Gasteiger partial charge in [-0.3, -0.25) is 0 Å². The van der Waals surface area contributed by atoms with E-state index in [4.69, 9.17) is 4.43 Å². The molecule has 3 aromatic rings. The minimum atomic E-state index is -3.68. The van der Waals surface area contributed by atoms with E-state index < -0.39 is 18.3 Å². The third-order valence-corrected chi connectivity index (χ3v) is 13.0. The van der Waals surface area contributed by atoms with Crippen LogP contribution in [-0.2, 0) is 14.4 Å². The van der Waals surface area contributed by atoms with Gasteiger partial charge in [-0.25, -0.2) is 8.42 Å². The number of sulfonamides is 1. The van der Waals surface area contributed by atoms with Gasteiger partial charge >= 0.3 is 0 Å². The number of aryl methyl sites for hydroxylation is 1. The molecule has 0 radical (unpaired) electrons. The molecule has 0 aliphatic heterocycles. The van der Waals surface area contributed by atoms with Crippen LogP contribution in [0.1, 0.15) is 26.3 Å². The number of benzene rings is 3. The molecule has 0 N–H and O–H groups in total. The van der Waals surface area contributed by atoms with Crippen molar-refractivity contribution < 1.29 is 12.8 Å². The van der Waals surface area contributed by atoms with Gasteiger partial charge in [0.25, 0.3) is 8.32 Å². The van der Waals surface area contributed by atoms with E-state index in [-0.39, 0.29) is 29.6 Å². The van der Waals surface area contributed by atoms with Gasteiger partial charge in [-0.05, 0) is 34.5 Å². The SMILES string of the molecule is C=CCN(CC#CCO[Si](c1ccccc1)(c1ccccc1)C(C)(C)C)S(=O)(=O)c1ccc(C)cc1. The van der Waals surface area contributed by atoms with Crippen LogP contribution in [0.2, 0.25) is 5.04 Å². The molecular formula is C30H35NO3SSi. The summed E-state index contributed by atoms with van der Waals surface area (Å²) in [5, 5.41) is 2.21. The lowest BCUT2D eigenvalue weighted by Crippen LogP contribution is -2.66. The van der Waals surface area contributed by atoms with Gasteiger partial charge in [-0.2, -0.15) is 4.31 Å². The zero-order valence-electron chi connectivity index (χ0n) is 21.6. The molecule has 6 heteroatoms. The van der Waals surface area contributed by atoms with Gasteiger partial charge in [0, 0.05) is 6.54 Å². The Kier molecular flexibility index (Phi) is 9.10. The van der Waals surface area contributed by atoms with Gasteiger partial charge in [-0.15, -0.1) is 6.58 Å². The maximum Gasteiger partial charge on any atom is 0.262 e. The van der Waals surface area contributed by atoms with E-state index in [9.17, 15) is 8.42 Å². The summed E-state index contributed by atoms with van der Waals surface area (Å²) < 4.78 is 34.4. The predicted octanol–water partition coefficient (Wildman–Crippen LogP) is 4.75. The average molecular weight is 518 g/mol. The minimum absolute atomic E-state index is 0.0618. The molecule has 0 saturated heterocycles. The summed E-state index contributed by atoms with van der Waals surface area (Å²) in [6.45, 7) is 12.7. The molecule has 0 unspecified atom stereocenters. The summed E-state index contributed by atoms with van der Waals surface area (Å²) in [4.78, 5) is 0.250. The Morgan fingerprint density at radius 1 is 0.889 bits per heavy atom. The second-order valence-electron chi connectivity index (χ2n) is 9.70. The molecule has 0 spiro atoms. The Hall–Kier alpha value is -2.95. The van der Waals surface area contributed by atoms with Crippen molar-refractivity contribution in [2.45, 2.75) is 37.6 Å². The van der Waals surface area contributed by atoms with Crippen LogP contribution in [0.3, 0.4) is 0 Å². The number of rotatable bonds is 9. The number of hydrogen-bond acceptors (Lipinski definition) is 3. The molecule has 0 heterocycles. The minimum Gasteiger partial charge on any atom is -0.396 e. The van der Waals surface area contributed by atoms with Crippen LogP contribution in [0.25, 0.3) is 0 Å². The molecule has 0 atom stereocenters. The van der Waals surface area contributed by atoms with Crippen LogP contribution in [0, 0.1) is 18.8 Å². The first-order valence-electron chi connectivity index (χ1n) is 12.0. The summed E-state index contributed by atoms with van der Waals surface area (Å²) >= 11 is 0. The molecule has 3 aromatic carbocycles. The normalized spacial score (nSPS) is 12.1. The van der Waals surface area contributed by atoms with Crippen molar-refractivity contribution in [2.75, 3.05) is 19.7 Å². The highest BCUT2D eigenvalue weighted by Gasteiger charge is 2.50. The lowest BCUT2D eigenvalue weighted by Gasteiger charge is -2.42. The largest absolute Gasteiger partial charge is 0.396 e. The molecule has 188 valence electrons. The van der Waals surface area contributed by atoms with E-state index >= 15 is 0 Å². The molecule has 0 aliphatic carbocycles. The second-order valence-corrected chi connectivity index (χ2v) is 15.9. The van der Waals surface area contributed by atoms with E-state index in [1.807, 2.05) is 43.3 Å². The molecule has 0 bridgehead atoms. The van der Waals surface area contributed by atoms with Crippen LogP contribution in [-0.4, -0.2) is 40.7 Å². The molecule has 36 heavy (non-hydrogen) atoms. The number of hydrogen-bond donors (Lipinski definition) is 0. The standard InChI is InChI=1S/C30H35NO3SSi/c1-6-23-31(35(32,33)27-21-19-26(2)20-22-27)24-13-14-25-34-36(30(3,4)5,28-15-9-7-10-16-28)29-17-11-8-12-18-29/h6-12,15-22H,1,23-25H2,2-5H3. The smallest absolute Gasteiger partial charge is 0.262 e. The highest BCUT2D eigenvalue weighted by Crippen LogP contribution is 2.36. The van der Waals surface area contributed by atoms with Gasteiger partial charge < -0.3 is 4.43 Å². The Morgan fingerprint density at radius 3 is 1.89 bits per heavy atom. The lowest BCUT2D eigenvalue weighted by atomic mass is 10.2. The second kappa shape index (κ2) is 11.9. The quantitative estimate of drug-likeness (QED) is 0.234. The fourth-order valence-electron chi connectivity index (χ4n) is 4.35. The van der Waals surface area contributed by atoms with Crippen LogP contribution >= 0.6 is 0 Å². The zero-order chi connectivity index (χ0) is 26.2. The third kappa shape index (κ3) is 6.05. The first-order chi connectivity index (χ1) is 17.1. The fourth-order valence-corrected chi connectivity index (χ4v) is 10.1. The van der Waals surface area contributed by atoms with Crippen molar-refractivity contribution in [1.29, 1.82) is 0 Å². The van der Waals surface area contributed by atoms with Crippen molar-refractivity contribution in [3.05, 3.63) is 103 Å². The summed E-state index contributed by atoms with van der Waals surface area (Å²) in [5.41, 5.74) is 1.00. The van der Waals surface area contributed by atoms with E-state index in [0.717, 1.165) is 5.56 Å². The Morgan fingerprint density at radius 2 is 1.42 bits per heavy atom. The summed E-state index contributed by atoms with van der Waals surface area (Å²) in [6, 6.07) is 27.6. The topological polar surface area (TPSA) is 46.6 Å².